The van der Waals surface area contributed by atoms with Gasteiger partial charge >= 0.3 is 0 Å². The highest BCUT2D eigenvalue weighted by Crippen LogP contribution is 2.27. The van der Waals surface area contributed by atoms with E-state index >= 15 is 0 Å². The molecule has 1 amide bonds. The van der Waals surface area contributed by atoms with E-state index in [0.717, 1.165) is 16.5 Å². The van der Waals surface area contributed by atoms with Crippen LogP contribution in [-0.4, -0.2) is 13.0 Å². The summed E-state index contributed by atoms with van der Waals surface area (Å²) in [7, 11) is 1.59. The van der Waals surface area contributed by atoms with Gasteiger partial charge in [0.05, 0.1) is 13.2 Å². The lowest BCUT2D eigenvalue weighted by Gasteiger charge is -2.04. The summed E-state index contributed by atoms with van der Waals surface area (Å²) >= 11 is 5.92. The fourth-order valence-electron chi connectivity index (χ4n) is 3.06. The maximum atomic E-state index is 12.7. The Morgan fingerprint density at radius 3 is 2.61 bits per heavy atom. The van der Waals surface area contributed by atoms with Crippen molar-refractivity contribution in [3.05, 3.63) is 82.8 Å². The topological polar surface area (TPSA) is 64.6 Å². The number of carbonyl (C=O) groups is 1. The van der Waals surface area contributed by atoms with Gasteiger partial charge in [-0.25, -0.2) is 0 Å². The van der Waals surface area contributed by atoms with E-state index in [4.69, 9.17) is 25.2 Å². The van der Waals surface area contributed by atoms with E-state index in [-0.39, 0.29) is 18.2 Å². The van der Waals surface area contributed by atoms with Crippen LogP contribution in [0.25, 0.3) is 22.3 Å². The van der Waals surface area contributed by atoms with E-state index in [1.165, 1.54) is 0 Å². The van der Waals surface area contributed by atoms with Crippen LogP contribution < -0.4 is 5.32 Å². The third kappa shape index (κ3) is 3.67. The summed E-state index contributed by atoms with van der Waals surface area (Å²) in [6.45, 7) is 0.539. The van der Waals surface area contributed by atoms with Crippen molar-refractivity contribution >= 4 is 28.5 Å². The number of hydrogen-bond acceptors (Lipinski definition) is 4. The molecule has 28 heavy (non-hydrogen) atoms. The molecule has 6 heteroatoms. The lowest BCUT2D eigenvalue weighted by molar-refractivity contribution is 0.0916. The second-order valence-electron chi connectivity index (χ2n) is 6.29. The molecule has 0 aliphatic carbocycles. The van der Waals surface area contributed by atoms with Crippen LogP contribution >= 0.6 is 11.6 Å². The average Bonchev–Trinajstić information content (AvgIpc) is 3.32. The Morgan fingerprint density at radius 2 is 1.82 bits per heavy atom. The molecule has 0 aliphatic rings. The lowest BCUT2D eigenvalue weighted by atomic mass is 10.1. The molecule has 4 aromatic rings. The van der Waals surface area contributed by atoms with Gasteiger partial charge in [0.2, 0.25) is 0 Å². The third-order valence-electron chi connectivity index (χ3n) is 4.41. The Morgan fingerprint density at radius 1 is 1.04 bits per heavy atom. The van der Waals surface area contributed by atoms with Crippen molar-refractivity contribution in [2.45, 2.75) is 13.2 Å². The molecular weight excluding hydrogens is 378 g/mol. The van der Waals surface area contributed by atoms with E-state index in [1.54, 1.807) is 19.2 Å². The fraction of sp³-hybridized carbons (Fsp3) is 0.136. The van der Waals surface area contributed by atoms with Crippen LogP contribution in [0, 0.1) is 0 Å². The van der Waals surface area contributed by atoms with Crippen molar-refractivity contribution in [3.8, 4) is 11.3 Å². The third-order valence-corrected chi connectivity index (χ3v) is 4.66. The number of benzene rings is 2. The Labute approximate surface area is 166 Å². The summed E-state index contributed by atoms with van der Waals surface area (Å²) < 4.78 is 16.8. The molecule has 0 bridgehead atoms. The van der Waals surface area contributed by atoms with Crippen LogP contribution in [-0.2, 0) is 17.9 Å². The van der Waals surface area contributed by atoms with Crippen molar-refractivity contribution in [1.82, 2.24) is 5.32 Å². The van der Waals surface area contributed by atoms with Gasteiger partial charge in [0, 0.05) is 28.6 Å². The van der Waals surface area contributed by atoms with Gasteiger partial charge in [-0.3, -0.25) is 4.79 Å². The minimum Gasteiger partial charge on any atom is -0.459 e. The summed E-state index contributed by atoms with van der Waals surface area (Å²) in [5.41, 5.74) is 2.31. The van der Waals surface area contributed by atoms with Gasteiger partial charge in [-0.15, -0.1) is 0 Å². The first kappa shape index (κ1) is 18.3. The number of ether oxygens (including phenoxy) is 1. The minimum absolute atomic E-state index is 0.246. The van der Waals surface area contributed by atoms with Crippen molar-refractivity contribution in [2.24, 2.45) is 0 Å². The number of furan rings is 2. The molecule has 0 spiro atoms. The minimum atomic E-state index is -0.312. The van der Waals surface area contributed by atoms with Crippen LogP contribution in [0.4, 0.5) is 0 Å². The Hall–Kier alpha value is -3.02. The predicted molar refractivity (Wildman–Crippen MR) is 107 cm³/mol. The molecule has 0 aliphatic heterocycles. The maximum Gasteiger partial charge on any atom is 0.287 e. The van der Waals surface area contributed by atoms with Crippen LogP contribution in [0.15, 0.2) is 69.5 Å². The number of hydrogen-bond donors (Lipinski definition) is 1. The molecule has 1 N–H and O–H groups in total. The molecule has 142 valence electrons. The van der Waals surface area contributed by atoms with E-state index in [0.29, 0.717) is 28.7 Å². The monoisotopic (exact) mass is 395 g/mol. The number of methoxy groups -OCH3 is 1. The van der Waals surface area contributed by atoms with E-state index in [9.17, 15) is 4.79 Å². The molecule has 0 fully saturated rings. The van der Waals surface area contributed by atoms with Crippen LogP contribution in [0.3, 0.4) is 0 Å². The van der Waals surface area contributed by atoms with Gasteiger partial charge in [0.1, 0.15) is 17.1 Å². The van der Waals surface area contributed by atoms with E-state index < -0.39 is 0 Å². The van der Waals surface area contributed by atoms with Crippen LogP contribution in [0.5, 0.6) is 0 Å². The zero-order valence-corrected chi connectivity index (χ0v) is 16.0. The number of fused-ring (bicyclic) bond motifs is 1. The molecule has 0 saturated carbocycles. The lowest BCUT2D eigenvalue weighted by Crippen LogP contribution is -2.23. The molecule has 2 aromatic heterocycles. The van der Waals surface area contributed by atoms with Gasteiger partial charge in [0.15, 0.2) is 5.76 Å². The molecule has 4 rings (SSSR count). The number of amides is 1. The molecule has 0 radical (unpaired) electrons. The van der Waals surface area contributed by atoms with E-state index in [1.807, 2.05) is 48.5 Å². The summed E-state index contributed by atoms with van der Waals surface area (Å²) in [5, 5.41) is 4.39. The predicted octanol–water partition coefficient (Wildman–Crippen LogP) is 5.42. The molecule has 0 saturated heterocycles. The largest absolute Gasteiger partial charge is 0.459 e. The smallest absolute Gasteiger partial charge is 0.287 e. The maximum absolute atomic E-state index is 12.7. The molecule has 2 heterocycles. The highest BCUT2D eigenvalue weighted by molar-refractivity contribution is 6.30. The second-order valence-corrected chi connectivity index (χ2v) is 6.73. The SMILES string of the molecule is COCc1c(C(=O)NCc2ccc(-c3ccc(Cl)cc3)o2)oc2ccccc12. The van der Waals surface area contributed by atoms with Crippen LogP contribution in [0.2, 0.25) is 5.02 Å². The second kappa shape index (κ2) is 7.92. The summed E-state index contributed by atoms with van der Waals surface area (Å²) in [6.07, 6.45) is 0. The van der Waals surface area contributed by atoms with Gasteiger partial charge in [-0.1, -0.05) is 29.8 Å². The van der Waals surface area contributed by atoms with Crippen LogP contribution in [0.1, 0.15) is 21.9 Å². The number of halogens is 1. The fourth-order valence-corrected chi connectivity index (χ4v) is 3.19. The molecule has 5 nitrogen and oxygen atoms in total. The van der Waals surface area contributed by atoms with Gasteiger partial charge in [-0.2, -0.15) is 0 Å². The van der Waals surface area contributed by atoms with Gasteiger partial charge < -0.3 is 18.9 Å². The number of carbonyl (C=O) groups excluding carboxylic acids is 1. The van der Waals surface area contributed by atoms with Crippen molar-refractivity contribution in [1.29, 1.82) is 0 Å². The number of para-hydroxylation sites is 1. The number of rotatable bonds is 6. The first-order valence-corrected chi connectivity index (χ1v) is 9.15. The Balaban J connectivity index is 1.50. The average molecular weight is 396 g/mol. The molecule has 0 atom stereocenters. The summed E-state index contributed by atoms with van der Waals surface area (Å²) in [5.74, 6) is 1.30. The van der Waals surface area contributed by atoms with Crippen molar-refractivity contribution < 1.29 is 18.4 Å². The zero-order valence-electron chi connectivity index (χ0n) is 15.2. The normalized spacial score (nSPS) is 11.1. The molecule has 2 aromatic carbocycles. The Kier molecular flexibility index (Phi) is 5.19. The molecule has 0 unspecified atom stereocenters. The van der Waals surface area contributed by atoms with E-state index in [2.05, 4.69) is 5.32 Å². The first-order chi connectivity index (χ1) is 13.7. The first-order valence-electron chi connectivity index (χ1n) is 8.78. The van der Waals surface area contributed by atoms with Crippen molar-refractivity contribution in [2.75, 3.05) is 7.11 Å². The highest BCUT2D eigenvalue weighted by atomic mass is 35.5. The van der Waals surface area contributed by atoms with Crippen molar-refractivity contribution in [3.63, 3.8) is 0 Å². The quantitative estimate of drug-likeness (QED) is 0.473. The standard InChI is InChI=1S/C22H18ClNO4/c1-26-13-18-17-4-2-3-5-20(17)28-21(18)22(25)24-12-16-10-11-19(27-16)14-6-8-15(23)9-7-14/h2-11H,12-13H2,1H3,(H,24,25). The van der Waals surface area contributed by atoms with Gasteiger partial charge in [-0.05, 0) is 42.5 Å². The molecular formula is C22H18ClNO4. The highest BCUT2D eigenvalue weighted by Gasteiger charge is 2.20. The summed E-state index contributed by atoms with van der Waals surface area (Å²) in [6, 6.07) is 18.6. The van der Waals surface area contributed by atoms with Gasteiger partial charge in [0.25, 0.3) is 5.91 Å². The Bertz CT molecular complexity index is 1110. The zero-order chi connectivity index (χ0) is 19.5. The summed E-state index contributed by atoms with van der Waals surface area (Å²) in [4.78, 5) is 12.7. The number of nitrogens with one attached hydrogen (secondary N) is 1.